The molecule has 4 nitrogen and oxygen atoms in total. The summed E-state index contributed by atoms with van der Waals surface area (Å²) in [6, 6.07) is 9.79. The lowest BCUT2D eigenvalue weighted by Crippen LogP contribution is -2.50. The van der Waals surface area contributed by atoms with E-state index in [1.54, 1.807) is 16.5 Å². The molecule has 4 heteroatoms. The quantitative estimate of drug-likeness (QED) is 0.329. The lowest BCUT2D eigenvalue weighted by Gasteiger charge is -2.59. The molecule has 0 spiro atoms. The summed E-state index contributed by atoms with van der Waals surface area (Å²) < 4.78 is 24.5. The summed E-state index contributed by atoms with van der Waals surface area (Å²) in [5.41, 5.74) is 3.97. The maximum absolute atomic E-state index is 6.68. The van der Waals surface area contributed by atoms with Gasteiger partial charge in [-0.25, -0.2) is 0 Å². The van der Waals surface area contributed by atoms with Gasteiger partial charge in [0.2, 0.25) is 0 Å². The summed E-state index contributed by atoms with van der Waals surface area (Å²) in [6.07, 6.45) is 17.7. The number of rotatable bonds is 8. The average molecular weight is 541 g/mol. The van der Waals surface area contributed by atoms with Crippen LogP contribution in [-0.4, -0.2) is 38.6 Å². The van der Waals surface area contributed by atoms with Crippen LogP contribution in [0.1, 0.15) is 88.2 Å². The lowest BCUT2D eigenvalue weighted by atomic mass is 9.46. The molecule has 2 aromatic carbocycles. The third-order valence-electron chi connectivity index (χ3n) is 12.9. The van der Waals surface area contributed by atoms with Crippen molar-refractivity contribution in [2.75, 3.05) is 26.4 Å². The third-order valence-corrected chi connectivity index (χ3v) is 12.9. The highest BCUT2D eigenvalue weighted by Crippen LogP contribution is 2.65. The first-order valence-electron chi connectivity index (χ1n) is 16.7. The van der Waals surface area contributed by atoms with E-state index >= 15 is 0 Å². The van der Waals surface area contributed by atoms with Crippen molar-refractivity contribution in [1.82, 2.24) is 0 Å². The van der Waals surface area contributed by atoms with Gasteiger partial charge in [-0.05, 0) is 146 Å². The standard InChI is InChI=1S/C36H44O4/c1-2-29-33(30(3-1)35-11-21-4-22(12-35)6-23(5-21)13-35)31(36-14-24-7-25(15-36)9-26(8-24)16-36)10-32(39-19-27-17-37-27)34(29)40-20-28-18-38-28/h1-3,10,21-28H,4-9,11-20H2. The van der Waals surface area contributed by atoms with E-state index in [9.17, 15) is 0 Å². The molecule has 2 aliphatic heterocycles. The van der Waals surface area contributed by atoms with Crippen LogP contribution >= 0.6 is 0 Å². The number of epoxide rings is 2. The van der Waals surface area contributed by atoms with Crippen molar-refractivity contribution in [3.05, 3.63) is 35.4 Å². The van der Waals surface area contributed by atoms with Crippen LogP contribution in [-0.2, 0) is 20.3 Å². The van der Waals surface area contributed by atoms with Crippen molar-refractivity contribution < 1.29 is 18.9 Å². The van der Waals surface area contributed by atoms with Crippen LogP contribution in [0, 0.1) is 35.5 Å². The van der Waals surface area contributed by atoms with Gasteiger partial charge in [-0.2, -0.15) is 0 Å². The molecule has 10 fully saturated rings. The highest BCUT2D eigenvalue weighted by atomic mass is 16.6. The molecule has 8 aliphatic carbocycles. The van der Waals surface area contributed by atoms with Crippen LogP contribution in [0.5, 0.6) is 11.5 Å². The maximum atomic E-state index is 6.68. The molecule has 10 aliphatic rings. The molecule has 0 aromatic heterocycles. The number of fused-ring (bicyclic) bond motifs is 1. The fourth-order valence-electron chi connectivity index (χ4n) is 12.1. The molecular weight excluding hydrogens is 496 g/mol. The van der Waals surface area contributed by atoms with E-state index in [0.29, 0.717) is 24.0 Å². The highest BCUT2D eigenvalue weighted by molar-refractivity contribution is 5.97. The summed E-state index contributed by atoms with van der Waals surface area (Å²) in [5.74, 6) is 7.49. The number of benzene rings is 2. The van der Waals surface area contributed by atoms with Gasteiger partial charge < -0.3 is 18.9 Å². The molecule has 12 rings (SSSR count). The van der Waals surface area contributed by atoms with Gasteiger partial charge in [-0.15, -0.1) is 0 Å². The van der Waals surface area contributed by atoms with Gasteiger partial charge in [0.25, 0.3) is 0 Å². The van der Waals surface area contributed by atoms with Crippen LogP contribution < -0.4 is 9.47 Å². The molecule has 2 heterocycles. The molecule has 0 radical (unpaired) electrons. The summed E-state index contributed by atoms with van der Waals surface area (Å²) in [4.78, 5) is 0. The molecular formula is C36H44O4. The smallest absolute Gasteiger partial charge is 0.169 e. The Bertz CT molecular complexity index is 1280. The molecule has 212 valence electrons. The highest BCUT2D eigenvalue weighted by Gasteiger charge is 2.55. The molecule has 0 N–H and O–H groups in total. The molecule has 0 amide bonds. The fourth-order valence-corrected chi connectivity index (χ4v) is 12.1. The Morgan fingerprint density at radius 2 is 1.10 bits per heavy atom. The number of hydrogen-bond acceptors (Lipinski definition) is 4. The molecule has 40 heavy (non-hydrogen) atoms. The molecule has 2 saturated heterocycles. The van der Waals surface area contributed by atoms with E-state index in [-0.39, 0.29) is 12.2 Å². The summed E-state index contributed by atoms with van der Waals surface area (Å²) in [7, 11) is 0. The van der Waals surface area contributed by atoms with Gasteiger partial charge >= 0.3 is 0 Å². The van der Waals surface area contributed by atoms with Gasteiger partial charge in [-0.3, -0.25) is 0 Å². The van der Waals surface area contributed by atoms with Gasteiger partial charge in [-0.1, -0.05) is 18.2 Å². The normalized spacial score (nSPS) is 45.3. The van der Waals surface area contributed by atoms with Crippen molar-refractivity contribution in [2.24, 2.45) is 35.5 Å². The maximum Gasteiger partial charge on any atom is 0.169 e. The first kappa shape index (κ1) is 23.7. The minimum atomic E-state index is 0.226. The average Bonchev–Trinajstić information content (AvgIpc) is 3.84. The van der Waals surface area contributed by atoms with Crippen LogP contribution in [0.4, 0.5) is 0 Å². The van der Waals surface area contributed by atoms with Gasteiger partial charge in [0.1, 0.15) is 25.4 Å². The Kier molecular flexibility index (Phi) is 4.99. The molecule has 8 saturated carbocycles. The van der Waals surface area contributed by atoms with Gasteiger partial charge in [0, 0.05) is 5.39 Å². The lowest BCUT2D eigenvalue weighted by molar-refractivity contribution is -0.00687. The van der Waals surface area contributed by atoms with E-state index in [1.807, 2.05) is 0 Å². The van der Waals surface area contributed by atoms with E-state index < -0.39 is 0 Å². The minimum absolute atomic E-state index is 0.226. The van der Waals surface area contributed by atoms with Crippen LogP contribution in [0.25, 0.3) is 10.8 Å². The summed E-state index contributed by atoms with van der Waals surface area (Å²) in [6.45, 7) is 2.87. The Morgan fingerprint density at radius 1 is 0.625 bits per heavy atom. The first-order valence-corrected chi connectivity index (χ1v) is 16.7. The van der Waals surface area contributed by atoms with Gasteiger partial charge in [0.15, 0.2) is 11.5 Å². The zero-order chi connectivity index (χ0) is 26.1. The SMILES string of the molecule is c1cc(C23CC4CC(CC(C4)C2)C3)c2c(C34CC5CC(CC(C5)C3)C4)cc(OCC3CO3)c(OCC3CO3)c2c1. The van der Waals surface area contributed by atoms with Crippen molar-refractivity contribution >= 4 is 10.8 Å². The topological polar surface area (TPSA) is 43.5 Å². The van der Waals surface area contributed by atoms with Crippen molar-refractivity contribution in [1.29, 1.82) is 0 Å². The predicted molar refractivity (Wildman–Crippen MR) is 154 cm³/mol. The molecule has 2 aromatic rings. The summed E-state index contributed by atoms with van der Waals surface area (Å²) >= 11 is 0. The van der Waals surface area contributed by atoms with E-state index in [4.69, 9.17) is 18.9 Å². The Hall–Kier alpha value is -1.78. The number of ether oxygens (including phenoxy) is 4. The Morgan fingerprint density at radius 3 is 1.60 bits per heavy atom. The fraction of sp³-hybridized carbons (Fsp3) is 0.722. The predicted octanol–water partition coefficient (Wildman–Crippen LogP) is 7.33. The monoisotopic (exact) mass is 540 g/mol. The zero-order valence-corrected chi connectivity index (χ0v) is 23.9. The van der Waals surface area contributed by atoms with Crippen molar-refractivity contribution in [3.63, 3.8) is 0 Å². The third kappa shape index (κ3) is 3.70. The number of hydrogen-bond donors (Lipinski definition) is 0. The molecule has 8 bridgehead atoms. The minimum Gasteiger partial charge on any atom is -0.487 e. The van der Waals surface area contributed by atoms with E-state index in [1.165, 1.54) is 82.4 Å². The van der Waals surface area contributed by atoms with Crippen LogP contribution in [0.15, 0.2) is 24.3 Å². The second kappa shape index (κ2) is 8.40. The first-order chi connectivity index (χ1) is 19.6. The second-order valence-corrected chi connectivity index (χ2v) is 15.9. The second-order valence-electron chi connectivity index (χ2n) is 15.9. The molecule has 2 atom stereocenters. The van der Waals surface area contributed by atoms with Crippen molar-refractivity contribution in [2.45, 2.75) is 100 Å². The Balaban J connectivity index is 1.19. The van der Waals surface area contributed by atoms with Crippen LogP contribution in [0.2, 0.25) is 0 Å². The largest absolute Gasteiger partial charge is 0.487 e. The van der Waals surface area contributed by atoms with E-state index in [2.05, 4.69) is 24.3 Å². The summed E-state index contributed by atoms with van der Waals surface area (Å²) in [5, 5.41) is 2.89. The van der Waals surface area contributed by atoms with Gasteiger partial charge in [0.05, 0.1) is 13.2 Å². The molecule has 2 unspecified atom stereocenters. The zero-order valence-electron chi connectivity index (χ0n) is 23.9. The Labute approximate surface area is 238 Å². The van der Waals surface area contributed by atoms with E-state index in [0.717, 1.165) is 60.2 Å². The van der Waals surface area contributed by atoms with Crippen molar-refractivity contribution in [3.8, 4) is 11.5 Å². The van der Waals surface area contributed by atoms with Crippen LogP contribution in [0.3, 0.4) is 0 Å².